The maximum atomic E-state index is 13.9. The Morgan fingerprint density at radius 1 is 0.911 bits per heavy atom. The minimum atomic E-state index is -1.04. The molecule has 5 aliphatic rings. The summed E-state index contributed by atoms with van der Waals surface area (Å²) in [5.41, 5.74) is 5.03. The van der Waals surface area contributed by atoms with Crippen LogP contribution in [-0.2, 0) is 9.59 Å². The molecular formula is C35H37ClN4O5. The Balaban J connectivity index is 1.08. The van der Waals surface area contributed by atoms with E-state index in [1.54, 1.807) is 6.07 Å². The topological polar surface area (TPSA) is 107 Å². The molecule has 0 saturated carbocycles. The molecule has 3 saturated heterocycles. The largest absolute Gasteiger partial charge is 0.330 e. The molecule has 4 heterocycles. The molecule has 234 valence electrons. The highest BCUT2D eigenvalue weighted by Crippen LogP contribution is 2.44. The van der Waals surface area contributed by atoms with Crippen LogP contribution in [0, 0.1) is 5.41 Å². The number of likely N-dealkylation sites (tertiary alicyclic amines) is 1. The summed E-state index contributed by atoms with van der Waals surface area (Å²) in [6.07, 6.45) is 5.22. The standard InChI is InChI=1S/C35H37ClN4O5/c1-35(2)14-13-22(28(16-35)20-3-6-23(36)7-4-20)17-38-18-24-8-9-25(19-38)39(24)32(43)21-5-10-26-27(15-21)34(45)40(33(26)44)29-11-12-30(41)37-31(29)42/h3-7,10,15,24-25,29H,8-9,11-14,16-19H2,1-2H3,(H,37,41,42). The Hall–Kier alpha value is -3.82. The van der Waals surface area contributed by atoms with Gasteiger partial charge in [-0.3, -0.25) is 39.1 Å². The first-order chi connectivity index (χ1) is 21.5. The molecule has 2 bridgehead atoms. The van der Waals surface area contributed by atoms with E-state index in [1.165, 1.54) is 28.8 Å². The normalized spacial score (nSPS) is 26.4. The third-order valence-electron chi connectivity index (χ3n) is 10.3. The van der Waals surface area contributed by atoms with Gasteiger partial charge in [-0.25, -0.2) is 0 Å². The number of hydrogen-bond acceptors (Lipinski definition) is 6. The number of allylic oxidation sites excluding steroid dienone is 1. The van der Waals surface area contributed by atoms with Crippen molar-refractivity contribution in [2.45, 2.75) is 76.9 Å². The summed E-state index contributed by atoms with van der Waals surface area (Å²) in [5, 5.41) is 2.95. The molecule has 3 unspecified atom stereocenters. The molecule has 2 aromatic carbocycles. The third-order valence-corrected chi connectivity index (χ3v) is 10.5. The van der Waals surface area contributed by atoms with Crippen molar-refractivity contribution in [1.82, 2.24) is 20.0 Å². The van der Waals surface area contributed by atoms with Crippen LogP contribution < -0.4 is 5.32 Å². The van der Waals surface area contributed by atoms with Gasteiger partial charge < -0.3 is 4.90 Å². The van der Waals surface area contributed by atoms with Gasteiger partial charge in [-0.1, -0.05) is 43.2 Å². The van der Waals surface area contributed by atoms with Gasteiger partial charge in [-0.05, 0) is 85.4 Å². The molecule has 9 nitrogen and oxygen atoms in total. The van der Waals surface area contributed by atoms with Gasteiger partial charge >= 0.3 is 0 Å². The number of carbonyl (C=O) groups excluding carboxylic acids is 5. The molecule has 1 N–H and O–H groups in total. The number of piperidine rings is 1. The highest BCUT2D eigenvalue weighted by molar-refractivity contribution is 6.30. The van der Waals surface area contributed by atoms with Crippen molar-refractivity contribution < 1.29 is 24.0 Å². The molecule has 3 atom stereocenters. The first-order valence-corrected chi connectivity index (χ1v) is 16.2. The molecule has 0 aromatic heterocycles. The van der Waals surface area contributed by atoms with Crippen LogP contribution in [0.4, 0.5) is 0 Å². The number of rotatable bonds is 5. The summed E-state index contributed by atoms with van der Waals surface area (Å²) in [4.78, 5) is 69.8. The van der Waals surface area contributed by atoms with E-state index in [9.17, 15) is 24.0 Å². The number of hydrogen-bond donors (Lipinski definition) is 1. The molecule has 0 radical (unpaired) electrons. The van der Waals surface area contributed by atoms with Gasteiger partial charge in [-0.2, -0.15) is 0 Å². The predicted molar refractivity (Wildman–Crippen MR) is 169 cm³/mol. The fourth-order valence-electron chi connectivity index (χ4n) is 7.94. The SMILES string of the molecule is CC1(C)CCC(CN2CC3CCC(C2)N3C(=O)c2ccc3c(c2)C(=O)N(C2CCC(=O)NC2=O)C3=O)=C(c2ccc(Cl)cc2)C1. The van der Waals surface area contributed by atoms with E-state index in [1.807, 2.05) is 17.0 Å². The van der Waals surface area contributed by atoms with Gasteiger partial charge in [0.25, 0.3) is 17.7 Å². The lowest BCUT2D eigenvalue weighted by molar-refractivity contribution is -0.136. The maximum absolute atomic E-state index is 13.9. The van der Waals surface area contributed by atoms with Crippen LogP contribution in [0.25, 0.3) is 5.57 Å². The number of amides is 5. The summed E-state index contributed by atoms with van der Waals surface area (Å²) < 4.78 is 0. The Kier molecular flexibility index (Phi) is 7.44. The fraction of sp³-hybridized carbons (Fsp3) is 0.457. The lowest BCUT2D eigenvalue weighted by atomic mass is 9.72. The van der Waals surface area contributed by atoms with Crippen molar-refractivity contribution in [3.05, 3.63) is 75.3 Å². The van der Waals surface area contributed by atoms with Crippen molar-refractivity contribution >= 4 is 46.7 Å². The Labute approximate surface area is 267 Å². The van der Waals surface area contributed by atoms with Crippen LogP contribution in [0.15, 0.2) is 48.0 Å². The highest BCUT2D eigenvalue weighted by Gasteiger charge is 2.46. The molecule has 10 heteroatoms. The fourth-order valence-corrected chi connectivity index (χ4v) is 8.06. The van der Waals surface area contributed by atoms with Crippen molar-refractivity contribution in [3.63, 3.8) is 0 Å². The van der Waals surface area contributed by atoms with E-state index in [4.69, 9.17) is 11.6 Å². The van der Waals surface area contributed by atoms with E-state index in [0.29, 0.717) is 5.56 Å². The number of piperazine rings is 1. The van der Waals surface area contributed by atoms with Crippen LogP contribution in [-0.4, -0.2) is 82.0 Å². The van der Waals surface area contributed by atoms with Crippen molar-refractivity contribution in [2.24, 2.45) is 5.41 Å². The second-order valence-corrected chi connectivity index (χ2v) is 14.4. The molecule has 3 fully saturated rings. The Bertz CT molecular complexity index is 1650. The monoisotopic (exact) mass is 628 g/mol. The molecule has 45 heavy (non-hydrogen) atoms. The lowest BCUT2D eigenvalue weighted by Crippen LogP contribution is -2.56. The van der Waals surface area contributed by atoms with Crippen LogP contribution in [0.2, 0.25) is 5.02 Å². The summed E-state index contributed by atoms with van der Waals surface area (Å²) in [5.74, 6) is -2.38. The van der Waals surface area contributed by atoms with Gasteiger partial charge in [0.05, 0.1) is 11.1 Å². The first kappa shape index (κ1) is 29.9. The second-order valence-electron chi connectivity index (χ2n) is 13.9. The van der Waals surface area contributed by atoms with Gasteiger partial charge in [0.2, 0.25) is 11.8 Å². The molecule has 0 spiro atoms. The van der Waals surface area contributed by atoms with E-state index in [0.717, 1.165) is 61.7 Å². The van der Waals surface area contributed by atoms with Crippen LogP contribution in [0.5, 0.6) is 0 Å². The minimum Gasteiger partial charge on any atom is -0.330 e. The van der Waals surface area contributed by atoms with E-state index in [-0.39, 0.29) is 47.4 Å². The average molecular weight is 629 g/mol. The van der Waals surface area contributed by atoms with Gasteiger partial charge in [0.15, 0.2) is 0 Å². The summed E-state index contributed by atoms with van der Waals surface area (Å²) >= 11 is 6.20. The number of carbonyl (C=O) groups is 5. The molecule has 2 aromatic rings. The molecule has 5 amide bonds. The number of benzene rings is 2. The zero-order chi connectivity index (χ0) is 31.6. The smallest absolute Gasteiger partial charge is 0.262 e. The van der Waals surface area contributed by atoms with Gasteiger partial charge in [-0.15, -0.1) is 0 Å². The summed E-state index contributed by atoms with van der Waals surface area (Å²) in [6, 6.07) is 11.9. The molecule has 1 aliphatic carbocycles. The number of halogens is 1. The number of fused-ring (bicyclic) bond motifs is 3. The Morgan fingerprint density at radius 3 is 2.29 bits per heavy atom. The average Bonchev–Trinajstić information content (AvgIpc) is 3.41. The van der Waals surface area contributed by atoms with Crippen LogP contribution in [0.1, 0.15) is 95.4 Å². The van der Waals surface area contributed by atoms with E-state index in [2.05, 4.69) is 36.2 Å². The number of nitrogens with zero attached hydrogens (tertiary/aromatic N) is 3. The van der Waals surface area contributed by atoms with Crippen molar-refractivity contribution in [2.75, 3.05) is 19.6 Å². The van der Waals surface area contributed by atoms with Crippen molar-refractivity contribution in [3.8, 4) is 0 Å². The zero-order valence-electron chi connectivity index (χ0n) is 25.6. The lowest BCUT2D eigenvalue weighted by Gasteiger charge is -2.43. The zero-order valence-corrected chi connectivity index (χ0v) is 26.4. The Morgan fingerprint density at radius 2 is 1.60 bits per heavy atom. The quantitative estimate of drug-likeness (QED) is 0.482. The summed E-state index contributed by atoms with van der Waals surface area (Å²) in [6.45, 7) is 7.12. The predicted octanol–water partition coefficient (Wildman–Crippen LogP) is 4.69. The van der Waals surface area contributed by atoms with E-state index >= 15 is 0 Å². The number of imide groups is 2. The van der Waals surface area contributed by atoms with E-state index < -0.39 is 29.7 Å². The molecule has 7 rings (SSSR count). The van der Waals surface area contributed by atoms with Crippen molar-refractivity contribution in [1.29, 1.82) is 0 Å². The minimum absolute atomic E-state index is 0.0556. The van der Waals surface area contributed by atoms with Gasteiger partial charge in [0, 0.05) is 48.7 Å². The first-order valence-electron chi connectivity index (χ1n) is 15.9. The third kappa shape index (κ3) is 5.40. The molecule has 4 aliphatic heterocycles. The highest BCUT2D eigenvalue weighted by atomic mass is 35.5. The van der Waals surface area contributed by atoms with Crippen LogP contribution in [0.3, 0.4) is 0 Å². The van der Waals surface area contributed by atoms with Gasteiger partial charge in [0.1, 0.15) is 6.04 Å². The molecular weight excluding hydrogens is 592 g/mol. The summed E-state index contributed by atoms with van der Waals surface area (Å²) in [7, 11) is 0. The maximum Gasteiger partial charge on any atom is 0.262 e. The van der Waals surface area contributed by atoms with Crippen LogP contribution >= 0.6 is 11.6 Å². The second kappa shape index (κ2) is 11.2. The number of nitrogens with one attached hydrogen (secondary N) is 1.